The molecule has 8 heteroatoms. The summed E-state index contributed by atoms with van der Waals surface area (Å²) in [5.41, 5.74) is 8.27. The van der Waals surface area contributed by atoms with Gasteiger partial charge in [-0.05, 0) is 86.0 Å². The van der Waals surface area contributed by atoms with Crippen LogP contribution in [0.15, 0.2) is 101 Å². The van der Waals surface area contributed by atoms with E-state index < -0.39 is 6.04 Å². The Kier molecular flexibility index (Phi) is 5.64. The van der Waals surface area contributed by atoms with E-state index in [0.29, 0.717) is 17.5 Å². The maximum atomic E-state index is 10.6. The average Bonchev–Trinajstić information content (AvgIpc) is 3.29. The predicted molar refractivity (Wildman–Crippen MR) is 163 cm³/mol. The highest BCUT2D eigenvalue weighted by Crippen LogP contribution is 2.49. The van der Waals surface area contributed by atoms with Gasteiger partial charge in [0.1, 0.15) is 0 Å². The van der Waals surface area contributed by atoms with Gasteiger partial charge in [0.25, 0.3) is 0 Å². The molecule has 7 rings (SSSR count). The summed E-state index contributed by atoms with van der Waals surface area (Å²) in [4.78, 5) is 12.4. The first-order valence-electron chi connectivity index (χ1n) is 13.5. The molecule has 0 aliphatic carbocycles. The molecule has 1 unspecified atom stereocenters. The Morgan fingerprint density at radius 1 is 0.756 bits per heavy atom. The number of rotatable bonds is 3. The first-order chi connectivity index (χ1) is 19.9. The van der Waals surface area contributed by atoms with Crippen molar-refractivity contribution < 1.29 is 10.2 Å². The standard InChI is InChI=1S/C33H28N6O2/c1-19-15-20(2)17-23(16-19)34-31-33-36-32-29(21(3)37-39(32)24-9-5-4-6-10-24)30(22-13-14-27(40)28(41)18-22)38(33)26-12-8-7-11-25(26)35-31/h4-18,30,40-41H,1-3H3,(H,34,35). The molecule has 0 amide bonds. The topological polar surface area (TPSA) is 98.3 Å². The van der Waals surface area contributed by atoms with E-state index in [1.54, 1.807) is 6.07 Å². The molecule has 1 aromatic heterocycles. The van der Waals surface area contributed by atoms with Gasteiger partial charge in [0.2, 0.25) is 0 Å². The van der Waals surface area contributed by atoms with Crippen molar-refractivity contribution in [3.63, 3.8) is 0 Å². The average molecular weight is 541 g/mol. The summed E-state index contributed by atoms with van der Waals surface area (Å²) < 4.78 is 1.86. The van der Waals surface area contributed by atoms with E-state index in [4.69, 9.17) is 15.1 Å². The van der Waals surface area contributed by atoms with Crippen LogP contribution in [0.4, 0.5) is 22.9 Å². The molecule has 3 N–H and O–H groups in total. The minimum Gasteiger partial charge on any atom is -0.504 e. The van der Waals surface area contributed by atoms with E-state index in [1.807, 2.05) is 72.3 Å². The molecule has 0 radical (unpaired) electrons. The maximum absolute atomic E-state index is 10.6. The largest absolute Gasteiger partial charge is 0.504 e. The molecule has 2 aliphatic heterocycles. The van der Waals surface area contributed by atoms with E-state index in [1.165, 1.54) is 6.07 Å². The fraction of sp³-hybridized carbons (Fsp3) is 0.121. The lowest BCUT2D eigenvalue weighted by Crippen LogP contribution is -2.46. The second-order valence-corrected chi connectivity index (χ2v) is 10.5. The minimum absolute atomic E-state index is 0.173. The Morgan fingerprint density at radius 3 is 2.24 bits per heavy atom. The first-order valence-corrected chi connectivity index (χ1v) is 13.5. The SMILES string of the molecule is Cc1cc(C)cc(NC2=Nc3ccccc3N3C2=Nc2c(c(C)nn2-c2ccccc2)C3c2ccc(O)c(O)c2)c1. The van der Waals surface area contributed by atoms with Crippen LogP contribution in [-0.2, 0) is 0 Å². The van der Waals surface area contributed by atoms with Crippen molar-refractivity contribution in [2.24, 2.45) is 9.98 Å². The molecule has 3 heterocycles. The Morgan fingerprint density at radius 2 is 1.49 bits per heavy atom. The van der Waals surface area contributed by atoms with Gasteiger partial charge in [0, 0.05) is 11.3 Å². The van der Waals surface area contributed by atoms with Gasteiger partial charge in [0.15, 0.2) is 29.0 Å². The summed E-state index contributed by atoms with van der Waals surface area (Å²) in [5, 5.41) is 29.2. The van der Waals surface area contributed by atoms with Crippen LogP contribution in [0.25, 0.3) is 5.69 Å². The molecule has 5 aromatic rings. The van der Waals surface area contributed by atoms with E-state index in [9.17, 15) is 10.2 Å². The molecular weight excluding hydrogens is 512 g/mol. The number of nitrogens with zero attached hydrogens (tertiary/aromatic N) is 5. The molecule has 0 fully saturated rings. The summed E-state index contributed by atoms with van der Waals surface area (Å²) in [5.74, 6) is 1.56. The number of aliphatic imine (C=N–C) groups is 2. The van der Waals surface area contributed by atoms with Crippen LogP contribution in [0.3, 0.4) is 0 Å². The molecule has 2 aliphatic rings. The normalized spacial score (nSPS) is 15.4. The Labute approximate surface area is 237 Å². The lowest BCUT2D eigenvalue weighted by Gasteiger charge is -2.40. The number of nitrogens with one attached hydrogen (secondary N) is 1. The number of hydrogen-bond donors (Lipinski definition) is 3. The van der Waals surface area contributed by atoms with Gasteiger partial charge in [-0.3, -0.25) is 0 Å². The second kappa shape index (κ2) is 9.38. The Balaban J connectivity index is 1.50. The third kappa shape index (κ3) is 4.12. The second-order valence-electron chi connectivity index (χ2n) is 10.5. The molecule has 1 atom stereocenters. The van der Waals surface area contributed by atoms with Crippen molar-refractivity contribution in [3.8, 4) is 17.2 Å². The Bertz CT molecular complexity index is 1870. The number of aryl methyl sites for hydroxylation is 3. The highest BCUT2D eigenvalue weighted by Gasteiger charge is 2.41. The lowest BCUT2D eigenvalue weighted by molar-refractivity contribution is 0.403. The van der Waals surface area contributed by atoms with Gasteiger partial charge in [-0.15, -0.1) is 0 Å². The minimum atomic E-state index is -0.408. The quantitative estimate of drug-likeness (QED) is 0.214. The molecule has 0 saturated heterocycles. The predicted octanol–water partition coefficient (Wildman–Crippen LogP) is 7.00. The summed E-state index contributed by atoms with van der Waals surface area (Å²) in [6.07, 6.45) is 0. The van der Waals surface area contributed by atoms with E-state index in [0.717, 1.165) is 50.7 Å². The third-order valence-electron chi connectivity index (χ3n) is 7.44. The molecule has 0 spiro atoms. The zero-order valence-corrected chi connectivity index (χ0v) is 22.9. The number of phenols is 2. The number of aromatic hydroxyl groups is 2. The van der Waals surface area contributed by atoms with Gasteiger partial charge in [-0.2, -0.15) is 5.10 Å². The molecule has 41 heavy (non-hydrogen) atoms. The number of anilines is 2. The van der Waals surface area contributed by atoms with Crippen molar-refractivity contribution in [3.05, 3.63) is 119 Å². The molecule has 4 aromatic carbocycles. The van der Waals surface area contributed by atoms with Crippen LogP contribution in [0.5, 0.6) is 11.5 Å². The van der Waals surface area contributed by atoms with Gasteiger partial charge < -0.3 is 20.4 Å². The van der Waals surface area contributed by atoms with Crippen LogP contribution in [0.1, 0.15) is 34.0 Å². The zero-order valence-electron chi connectivity index (χ0n) is 22.9. The molecular formula is C33H28N6O2. The number of fused-ring (bicyclic) bond motifs is 4. The van der Waals surface area contributed by atoms with Crippen molar-refractivity contribution in [1.82, 2.24) is 9.78 Å². The number of para-hydroxylation sites is 3. The van der Waals surface area contributed by atoms with E-state index in [2.05, 4.69) is 42.3 Å². The fourth-order valence-corrected chi connectivity index (χ4v) is 5.76. The van der Waals surface area contributed by atoms with Crippen molar-refractivity contribution in [2.75, 3.05) is 10.2 Å². The molecule has 0 bridgehead atoms. The number of aromatic nitrogens is 2. The van der Waals surface area contributed by atoms with Gasteiger partial charge in [0.05, 0.1) is 28.8 Å². The highest BCUT2D eigenvalue weighted by atomic mass is 16.3. The number of benzene rings is 4. The van der Waals surface area contributed by atoms with Crippen LogP contribution >= 0.6 is 0 Å². The van der Waals surface area contributed by atoms with Crippen LogP contribution in [0, 0.1) is 20.8 Å². The van der Waals surface area contributed by atoms with Crippen LogP contribution in [-0.4, -0.2) is 31.7 Å². The van der Waals surface area contributed by atoms with E-state index >= 15 is 0 Å². The van der Waals surface area contributed by atoms with Crippen molar-refractivity contribution >= 4 is 34.6 Å². The van der Waals surface area contributed by atoms with Crippen LogP contribution in [0.2, 0.25) is 0 Å². The van der Waals surface area contributed by atoms with Gasteiger partial charge in [-0.1, -0.05) is 42.5 Å². The Hall–Kier alpha value is -5.37. The monoisotopic (exact) mass is 540 g/mol. The van der Waals surface area contributed by atoms with Crippen molar-refractivity contribution in [2.45, 2.75) is 26.8 Å². The van der Waals surface area contributed by atoms with Gasteiger partial charge in [-0.25, -0.2) is 14.7 Å². The number of hydrogen-bond acceptors (Lipinski definition) is 7. The van der Waals surface area contributed by atoms with E-state index in [-0.39, 0.29) is 11.5 Å². The number of amidine groups is 2. The molecule has 202 valence electrons. The summed E-state index contributed by atoms with van der Waals surface area (Å²) in [6.45, 7) is 6.12. The number of phenolic OH excluding ortho intramolecular Hbond substituents is 2. The lowest BCUT2D eigenvalue weighted by atomic mass is 9.93. The summed E-state index contributed by atoms with van der Waals surface area (Å²) in [7, 11) is 0. The highest BCUT2D eigenvalue weighted by molar-refractivity contribution is 6.51. The zero-order chi connectivity index (χ0) is 28.2. The van der Waals surface area contributed by atoms with Gasteiger partial charge >= 0.3 is 0 Å². The summed E-state index contributed by atoms with van der Waals surface area (Å²) >= 11 is 0. The first kappa shape index (κ1) is 24.7. The fourth-order valence-electron chi connectivity index (χ4n) is 5.76. The summed E-state index contributed by atoms with van der Waals surface area (Å²) in [6, 6.07) is 28.7. The maximum Gasteiger partial charge on any atom is 0.179 e. The van der Waals surface area contributed by atoms with Crippen LogP contribution < -0.4 is 10.2 Å². The smallest absolute Gasteiger partial charge is 0.179 e. The van der Waals surface area contributed by atoms with Crippen molar-refractivity contribution in [1.29, 1.82) is 0 Å². The molecule has 8 nitrogen and oxygen atoms in total. The third-order valence-corrected chi connectivity index (χ3v) is 7.44. The molecule has 0 saturated carbocycles.